The fourth-order valence-electron chi connectivity index (χ4n) is 6.28. The van der Waals surface area contributed by atoms with Crippen LogP contribution in [0.2, 0.25) is 0 Å². The van der Waals surface area contributed by atoms with E-state index in [1.165, 1.54) is 4.68 Å². The Balaban J connectivity index is 1.28. The number of benzene rings is 2. The van der Waals surface area contributed by atoms with E-state index in [-0.39, 0.29) is 35.1 Å². The summed E-state index contributed by atoms with van der Waals surface area (Å²) in [5.74, 6) is -2.99. The van der Waals surface area contributed by atoms with E-state index in [4.69, 9.17) is 0 Å². The molecule has 1 fully saturated rings. The standard InChI is InChI=1S/C32H40F3N7O2/c1-19-15-39(30(43)25-9-7-11-28-24(25)10-8-12-40(28)31(44)36-32(4,5)6)16-20(2)41(19)17-23-18-42(38-37-23)21(3)29-26(34)13-22(33)14-27(29)35/h7,9,11,13-14,18-21H,8,10,12,15-17H2,1-6H3,(H,36,44)/t19-,20+,21-/m1/s1. The van der Waals surface area contributed by atoms with Crippen molar-refractivity contribution in [1.82, 2.24) is 30.1 Å². The summed E-state index contributed by atoms with van der Waals surface area (Å²) in [6.07, 6.45) is 3.14. The summed E-state index contributed by atoms with van der Waals surface area (Å²) in [5, 5.41) is 11.3. The first-order chi connectivity index (χ1) is 20.7. The second-order valence-electron chi connectivity index (χ2n) is 13.0. The highest BCUT2D eigenvalue weighted by Crippen LogP contribution is 2.32. The second-order valence-corrected chi connectivity index (χ2v) is 13.0. The van der Waals surface area contributed by atoms with Gasteiger partial charge < -0.3 is 10.2 Å². The molecule has 3 aromatic rings. The lowest BCUT2D eigenvalue weighted by Crippen LogP contribution is -2.57. The second kappa shape index (κ2) is 12.2. The van der Waals surface area contributed by atoms with Crippen molar-refractivity contribution >= 4 is 17.6 Å². The number of amides is 3. The number of urea groups is 1. The molecule has 3 amide bonds. The SMILES string of the molecule is C[C@@H]1CN(C(=O)c2cccc3c2CCCN3C(=O)NC(C)(C)C)C[C@H](C)N1Cc1cn([C@H](C)c2c(F)cc(F)cc2F)nn1. The molecule has 0 spiro atoms. The van der Waals surface area contributed by atoms with Gasteiger partial charge in [0.25, 0.3) is 5.91 Å². The minimum Gasteiger partial charge on any atom is -0.336 e. The molecule has 44 heavy (non-hydrogen) atoms. The topological polar surface area (TPSA) is 86.6 Å². The molecule has 0 aliphatic carbocycles. The number of hydrogen-bond donors (Lipinski definition) is 1. The molecule has 12 heteroatoms. The zero-order valence-corrected chi connectivity index (χ0v) is 26.1. The molecule has 0 unspecified atom stereocenters. The molecule has 9 nitrogen and oxygen atoms in total. The predicted octanol–water partition coefficient (Wildman–Crippen LogP) is 5.30. The van der Waals surface area contributed by atoms with Gasteiger partial charge in [-0.15, -0.1) is 5.10 Å². The molecule has 3 heterocycles. The van der Waals surface area contributed by atoms with Gasteiger partial charge in [-0.05, 0) is 72.1 Å². The number of rotatable bonds is 5. The number of hydrogen-bond acceptors (Lipinski definition) is 5. The van der Waals surface area contributed by atoms with Gasteiger partial charge >= 0.3 is 6.03 Å². The zero-order valence-electron chi connectivity index (χ0n) is 26.1. The normalized spacial score (nSPS) is 19.9. The molecule has 2 aliphatic heterocycles. The lowest BCUT2D eigenvalue weighted by molar-refractivity contribution is 0.0263. The highest BCUT2D eigenvalue weighted by atomic mass is 19.1. The average molecular weight is 612 g/mol. The van der Waals surface area contributed by atoms with Gasteiger partial charge in [-0.2, -0.15) is 0 Å². The summed E-state index contributed by atoms with van der Waals surface area (Å²) in [5.41, 5.74) is 2.26. The van der Waals surface area contributed by atoms with Crippen LogP contribution in [0.1, 0.15) is 81.2 Å². The van der Waals surface area contributed by atoms with Crippen LogP contribution in [0.15, 0.2) is 36.5 Å². The lowest BCUT2D eigenvalue weighted by Gasteiger charge is -2.44. The molecule has 3 atom stereocenters. The number of carbonyl (C=O) groups excluding carboxylic acids is 2. The fraction of sp³-hybridized carbons (Fsp3) is 0.500. The fourth-order valence-corrected chi connectivity index (χ4v) is 6.28. The molecule has 1 N–H and O–H groups in total. The van der Waals surface area contributed by atoms with Crippen LogP contribution < -0.4 is 10.2 Å². The van der Waals surface area contributed by atoms with Crippen molar-refractivity contribution in [2.24, 2.45) is 0 Å². The number of anilines is 1. The molecule has 2 aromatic carbocycles. The molecule has 236 valence electrons. The maximum absolute atomic E-state index is 14.4. The average Bonchev–Trinajstić information content (AvgIpc) is 3.41. The van der Waals surface area contributed by atoms with Crippen LogP contribution in [-0.2, 0) is 13.0 Å². The number of carbonyl (C=O) groups is 2. The van der Waals surface area contributed by atoms with E-state index in [9.17, 15) is 22.8 Å². The van der Waals surface area contributed by atoms with Gasteiger partial charge in [-0.3, -0.25) is 14.6 Å². The molecule has 1 saturated heterocycles. The van der Waals surface area contributed by atoms with Gasteiger partial charge in [-0.1, -0.05) is 11.3 Å². The Morgan fingerprint density at radius 3 is 2.36 bits per heavy atom. The van der Waals surface area contributed by atoms with E-state index in [0.29, 0.717) is 49.6 Å². The third-order valence-corrected chi connectivity index (χ3v) is 8.36. The van der Waals surface area contributed by atoms with Gasteiger partial charge in [0.2, 0.25) is 0 Å². The molecular weight excluding hydrogens is 571 g/mol. The summed E-state index contributed by atoms with van der Waals surface area (Å²) < 4.78 is 43.5. The third-order valence-electron chi connectivity index (χ3n) is 8.36. The zero-order chi connectivity index (χ0) is 31.9. The smallest absolute Gasteiger partial charge is 0.322 e. The van der Waals surface area contributed by atoms with E-state index in [1.807, 2.05) is 57.7 Å². The molecule has 5 rings (SSSR count). The lowest BCUT2D eigenvalue weighted by atomic mass is 9.94. The van der Waals surface area contributed by atoms with E-state index >= 15 is 0 Å². The molecule has 2 aliphatic rings. The Morgan fingerprint density at radius 1 is 1.07 bits per heavy atom. The van der Waals surface area contributed by atoms with Crippen molar-refractivity contribution in [3.05, 3.63) is 76.4 Å². The van der Waals surface area contributed by atoms with Crippen molar-refractivity contribution < 1.29 is 22.8 Å². The van der Waals surface area contributed by atoms with Gasteiger partial charge in [0, 0.05) is 72.7 Å². The van der Waals surface area contributed by atoms with Crippen molar-refractivity contribution in [3.8, 4) is 0 Å². The van der Waals surface area contributed by atoms with Crippen LogP contribution in [0.5, 0.6) is 0 Å². The van der Waals surface area contributed by atoms with Gasteiger partial charge in [0.15, 0.2) is 0 Å². The number of fused-ring (bicyclic) bond motifs is 1. The minimum absolute atomic E-state index is 0.00846. The Morgan fingerprint density at radius 2 is 1.73 bits per heavy atom. The van der Waals surface area contributed by atoms with Gasteiger partial charge in [0.1, 0.15) is 17.5 Å². The predicted molar refractivity (Wildman–Crippen MR) is 161 cm³/mol. The summed E-state index contributed by atoms with van der Waals surface area (Å²) in [6.45, 7) is 13.5. The summed E-state index contributed by atoms with van der Waals surface area (Å²) in [6, 6.07) is 5.89. The first-order valence-electron chi connectivity index (χ1n) is 15.0. The van der Waals surface area contributed by atoms with Crippen LogP contribution in [0, 0.1) is 17.5 Å². The Bertz CT molecular complexity index is 1520. The Hall–Kier alpha value is -3.93. The maximum atomic E-state index is 14.4. The summed E-state index contributed by atoms with van der Waals surface area (Å²) in [4.78, 5) is 32.8. The van der Waals surface area contributed by atoms with Crippen molar-refractivity contribution in [2.45, 2.75) is 84.6 Å². The first-order valence-corrected chi connectivity index (χ1v) is 15.0. The van der Waals surface area contributed by atoms with E-state index < -0.39 is 23.5 Å². The number of nitrogens with one attached hydrogen (secondary N) is 1. The number of halogens is 3. The Labute approximate surface area is 256 Å². The highest BCUT2D eigenvalue weighted by Gasteiger charge is 2.35. The minimum atomic E-state index is -0.978. The van der Waals surface area contributed by atoms with Crippen LogP contribution in [0.4, 0.5) is 23.7 Å². The maximum Gasteiger partial charge on any atom is 0.322 e. The molecule has 0 radical (unpaired) electrons. The third kappa shape index (κ3) is 6.45. The molecule has 1 aromatic heterocycles. The van der Waals surface area contributed by atoms with Crippen LogP contribution in [-0.4, -0.2) is 74.0 Å². The first kappa shape index (κ1) is 31.5. The molecule has 0 saturated carbocycles. The summed E-state index contributed by atoms with van der Waals surface area (Å²) >= 11 is 0. The van der Waals surface area contributed by atoms with Gasteiger partial charge in [0.05, 0.1) is 17.9 Å². The van der Waals surface area contributed by atoms with Crippen LogP contribution >= 0.6 is 0 Å². The number of aromatic nitrogens is 3. The van der Waals surface area contributed by atoms with Crippen LogP contribution in [0.3, 0.4) is 0 Å². The number of nitrogens with zero attached hydrogens (tertiary/aromatic N) is 6. The highest BCUT2D eigenvalue weighted by molar-refractivity contribution is 6.00. The van der Waals surface area contributed by atoms with Crippen molar-refractivity contribution in [1.29, 1.82) is 0 Å². The largest absolute Gasteiger partial charge is 0.336 e. The van der Waals surface area contributed by atoms with Gasteiger partial charge in [-0.25, -0.2) is 22.6 Å². The van der Waals surface area contributed by atoms with Crippen LogP contribution in [0.25, 0.3) is 0 Å². The summed E-state index contributed by atoms with van der Waals surface area (Å²) in [7, 11) is 0. The monoisotopic (exact) mass is 611 g/mol. The van der Waals surface area contributed by atoms with E-state index in [2.05, 4.69) is 20.5 Å². The number of piperazine rings is 1. The van der Waals surface area contributed by atoms with Crippen molar-refractivity contribution in [2.75, 3.05) is 24.5 Å². The quantitative estimate of drug-likeness (QED) is 0.423. The van der Waals surface area contributed by atoms with E-state index in [0.717, 1.165) is 24.1 Å². The molecule has 0 bridgehead atoms. The van der Waals surface area contributed by atoms with Crippen molar-refractivity contribution in [3.63, 3.8) is 0 Å². The molecular formula is C32H40F3N7O2. The van der Waals surface area contributed by atoms with E-state index in [1.54, 1.807) is 18.0 Å². The Kier molecular flexibility index (Phi) is 8.75.